The molecule has 8 heteroatoms. The molecule has 1 unspecified atom stereocenters. The van der Waals surface area contributed by atoms with E-state index in [1.54, 1.807) is 6.07 Å². The number of halogens is 1. The molecule has 1 atom stereocenters. The van der Waals surface area contributed by atoms with Gasteiger partial charge in [-0.05, 0) is 53.4 Å². The van der Waals surface area contributed by atoms with Gasteiger partial charge in [-0.25, -0.2) is 8.42 Å². The van der Waals surface area contributed by atoms with Crippen LogP contribution in [0.15, 0.2) is 27.6 Å². The lowest BCUT2D eigenvalue weighted by Crippen LogP contribution is -2.47. The van der Waals surface area contributed by atoms with E-state index in [2.05, 4.69) is 15.9 Å². The molecule has 21 heavy (non-hydrogen) atoms. The quantitative estimate of drug-likeness (QED) is 0.868. The Labute approximate surface area is 131 Å². The van der Waals surface area contributed by atoms with E-state index in [0.717, 1.165) is 4.31 Å². The first-order valence-corrected chi connectivity index (χ1v) is 8.69. The number of benzene rings is 1. The van der Waals surface area contributed by atoms with Crippen molar-refractivity contribution in [3.63, 3.8) is 0 Å². The highest BCUT2D eigenvalue weighted by molar-refractivity contribution is 9.10. The molecule has 2 rings (SSSR count). The fourth-order valence-corrected chi connectivity index (χ4v) is 5.05. The lowest BCUT2D eigenvalue weighted by atomic mass is 10.1. The number of hydrogen-bond acceptors (Lipinski definition) is 4. The molecule has 6 nitrogen and oxygen atoms in total. The monoisotopic (exact) mass is 377 g/mol. The summed E-state index contributed by atoms with van der Waals surface area (Å²) >= 11 is 3.21. The summed E-state index contributed by atoms with van der Waals surface area (Å²) in [5, 5.41) is 9.23. The van der Waals surface area contributed by atoms with Gasteiger partial charge in [-0.1, -0.05) is 0 Å². The second kappa shape index (κ2) is 6.33. The van der Waals surface area contributed by atoms with Crippen LogP contribution in [-0.4, -0.2) is 43.5 Å². The Bertz CT molecular complexity index is 646. The molecule has 1 aliphatic rings. The second-order valence-electron chi connectivity index (χ2n) is 4.76. The molecule has 0 radical (unpaired) electrons. The number of hydrogen-bond donors (Lipinski definition) is 1. The normalized spacial score (nSPS) is 20.2. The third-order valence-corrected chi connectivity index (χ3v) is 6.35. The Morgan fingerprint density at radius 1 is 1.43 bits per heavy atom. The zero-order chi connectivity index (χ0) is 15.6. The highest BCUT2D eigenvalue weighted by atomic mass is 79.9. The van der Waals surface area contributed by atoms with Gasteiger partial charge in [0.15, 0.2) is 0 Å². The standard InChI is InChI=1S/C13H16BrNO5S/c1-20-9-5-6-12(10(14)8-9)21(18,19)15-7-3-2-4-11(15)13(16)17/h5-6,8,11H,2-4,7H2,1H3,(H,16,17). The van der Waals surface area contributed by atoms with Gasteiger partial charge in [0.05, 0.1) is 12.0 Å². The number of sulfonamides is 1. The number of aliphatic carboxylic acids is 1. The maximum Gasteiger partial charge on any atom is 0.322 e. The van der Waals surface area contributed by atoms with Crippen molar-refractivity contribution in [2.45, 2.75) is 30.2 Å². The summed E-state index contributed by atoms with van der Waals surface area (Å²) in [4.78, 5) is 11.3. The second-order valence-corrected chi connectivity index (χ2v) is 7.48. The Morgan fingerprint density at radius 2 is 2.14 bits per heavy atom. The maximum atomic E-state index is 12.7. The summed E-state index contributed by atoms with van der Waals surface area (Å²) in [5.41, 5.74) is 0. The Kier molecular flexibility index (Phi) is 4.90. The first-order chi connectivity index (χ1) is 9.87. The molecule has 1 aliphatic heterocycles. The highest BCUT2D eigenvalue weighted by Gasteiger charge is 2.38. The van der Waals surface area contributed by atoms with Crippen molar-refractivity contribution in [3.05, 3.63) is 22.7 Å². The first kappa shape index (κ1) is 16.3. The molecule has 0 aliphatic carbocycles. The van der Waals surface area contributed by atoms with Crippen LogP contribution in [0, 0.1) is 0 Å². The summed E-state index contributed by atoms with van der Waals surface area (Å²) < 4.78 is 31.9. The Balaban J connectivity index is 2.43. The van der Waals surface area contributed by atoms with Crippen LogP contribution in [0.1, 0.15) is 19.3 Å². The van der Waals surface area contributed by atoms with E-state index >= 15 is 0 Å². The van der Waals surface area contributed by atoms with E-state index < -0.39 is 22.0 Å². The molecule has 1 fully saturated rings. The van der Waals surface area contributed by atoms with Gasteiger partial charge in [-0.3, -0.25) is 4.79 Å². The number of nitrogens with zero attached hydrogens (tertiary/aromatic N) is 1. The number of carbonyl (C=O) groups is 1. The average molecular weight is 378 g/mol. The lowest BCUT2D eigenvalue weighted by molar-refractivity contribution is -0.142. The highest BCUT2D eigenvalue weighted by Crippen LogP contribution is 2.32. The minimum absolute atomic E-state index is 0.0523. The largest absolute Gasteiger partial charge is 0.497 e. The van der Waals surface area contributed by atoms with Crippen molar-refractivity contribution in [1.29, 1.82) is 0 Å². The van der Waals surface area contributed by atoms with Crippen molar-refractivity contribution >= 4 is 31.9 Å². The Morgan fingerprint density at radius 3 is 2.71 bits per heavy atom. The predicted octanol–water partition coefficient (Wildman–Crippen LogP) is 2.09. The third kappa shape index (κ3) is 3.22. The maximum absolute atomic E-state index is 12.7. The summed E-state index contributed by atoms with van der Waals surface area (Å²) in [6.45, 7) is 0.220. The topological polar surface area (TPSA) is 83.9 Å². The summed E-state index contributed by atoms with van der Waals surface area (Å²) in [7, 11) is -2.37. The van der Waals surface area contributed by atoms with E-state index in [1.807, 2.05) is 0 Å². The number of carboxylic acid groups (broad SMARTS) is 1. The van der Waals surface area contributed by atoms with Gasteiger partial charge in [-0.2, -0.15) is 4.31 Å². The molecule has 0 saturated carbocycles. The SMILES string of the molecule is COc1ccc(S(=O)(=O)N2CCCCC2C(=O)O)c(Br)c1. The molecule has 1 aromatic rings. The van der Waals surface area contributed by atoms with Crippen molar-refractivity contribution in [2.75, 3.05) is 13.7 Å². The molecule has 0 bridgehead atoms. The molecule has 0 spiro atoms. The van der Waals surface area contributed by atoms with Crippen LogP contribution >= 0.6 is 15.9 Å². The molecule has 0 amide bonds. The van der Waals surface area contributed by atoms with E-state index in [-0.39, 0.29) is 11.4 Å². The molecule has 1 aromatic carbocycles. The van der Waals surface area contributed by atoms with Crippen LogP contribution in [0.25, 0.3) is 0 Å². The van der Waals surface area contributed by atoms with Crippen molar-refractivity contribution in [2.24, 2.45) is 0 Å². The minimum atomic E-state index is -3.86. The van der Waals surface area contributed by atoms with Crippen molar-refractivity contribution < 1.29 is 23.1 Å². The lowest BCUT2D eigenvalue weighted by Gasteiger charge is -2.32. The van der Waals surface area contributed by atoms with Gasteiger partial charge < -0.3 is 9.84 Å². The molecular formula is C13H16BrNO5S. The van der Waals surface area contributed by atoms with E-state index in [9.17, 15) is 18.3 Å². The van der Waals surface area contributed by atoms with Gasteiger partial charge in [-0.15, -0.1) is 0 Å². The fraction of sp³-hybridized carbons (Fsp3) is 0.462. The Hall–Kier alpha value is -1.12. The number of carboxylic acids is 1. The van der Waals surface area contributed by atoms with Crippen molar-refractivity contribution in [3.8, 4) is 5.75 Å². The van der Waals surface area contributed by atoms with Crippen LogP contribution in [0.5, 0.6) is 5.75 Å². The van der Waals surface area contributed by atoms with Gasteiger partial charge in [0.2, 0.25) is 10.0 Å². The minimum Gasteiger partial charge on any atom is -0.497 e. The number of piperidine rings is 1. The predicted molar refractivity (Wildman–Crippen MR) is 79.9 cm³/mol. The molecule has 0 aromatic heterocycles. The number of ether oxygens (including phenoxy) is 1. The number of rotatable bonds is 4. The number of methoxy groups -OCH3 is 1. The van der Waals surface area contributed by atoms with E-state index in [1.165, 1.54) is 19.2 Å². The summed E-state index contributed by atoms with van der Waals surface area (Å²) in [6, 6.07) is 3.51. The zero-order valence-electron chi connectivity index (χ0n) is 11.5. The van der Waals surface area contributed by atoms with E-state index in [0.29, 0.717) is 29.5 Å². The van der Waals surface area contributed by atoms with Crippen LogP contribution < -0.4 is 4.74 Å². The molecule has 1 N–H and O–H groups in total. The molecule has 1 heterocycles. The smallest absolute Gasteiger partial charge is 0.322 e. The summed E-state index contributed by atoms with van der Waals surface area (Å²) in [5.74, 6) is -0.586. The van der Waals surface area contributed by atoms with Crippen LogP contribution in [0.2, 0.25) is 0 Å². The van der Waals surface area contributed by atoms with Crippen molar-refractivity contribution in [1.82, 2.24) is 4.31 Å². The van der Waals surface area contributed by atoms with Crippen LogP contribution in [0.3, 0.4) is 0 Å². The van der Waals surface area contributed by atoms with Crippen LogP contribution in [0.4, 0.5) is 0 Å². The van der Waals surface area contributed by atoms with Crippen LogP contribution in [-0.2, 0) is 14.8 Å². The zero-order valence-corrected chi connectivity index (χ0v) is 13.9. The fourth-order valence-electron chi connectivity index (χ4n) is 2.38. The van der Waals surface area contributed by atoms with Gasteiger partial charge >= 0.3 is 5.97 Å². The molecule has 1 saturated heterocycles. The molecule has 116 valence electrons. The van der Waals surface area contributed by atoms with Gasteiger partial charge in [0.1, 0.15) is 11.8 Å². The molecular weight excluding hydrogens is 362 g/mol. The first-order valence-electron chi connectivity index (χ1n) is 6.46. The summed E-state index contributed by atoms with van der Waals surface area (Å²) in [6.07, 6.45) is 1.71. The van der Waals surface area contributed by atoms with Gasteiger partial charge in [0.25, 0.3) is 0 Å². The third-order valence-electron chi connectivity index (χ3n) is 3.46. The van der Waals surface area contributed by atoms with Gasteiger partial charge in [0, 0.05) is 11.0 Å². The van der Waals surface area contributed by atoms with E-state index in [4.69, 9.17) is 4.74 Å². The average Bonchev–Trinajstić information content (AvgIpc) is 2.46.